The number of ether oxygens (including phenoxy) is 4. The van der Waals surface area contributed by atoms with Crippen molar-refractivity contribution in [3.05, 3.63) is 83.4 Å². The molecule has 7 heteroatoms. The minimum atomic E-state index is -0.369. The average Bonchev–Trinajstić information content (AvgIpc) is 2.83. The third-order valence-electron chi connectivity index (χ3n) is 4.45. The Morgan fingerprint density at radius 1 is 0.839 bits per heavy atom. The Bertz CT molecular complexity index is 1050. The second-order valence-corrected chi connectivity index (χ2v) is 6.45. The molecule has 0 aromatic heterocycles. The van der Waals surface area contributed by atoms with E-state index in [1.807, 2.05) is 36.4 Å². The first kappa shape index (κ1) is 21.7. The van der Waals surface area contributed by atoms with Gasteiger partial charge in [0.25, 0.3) is 5.91 Å². The van der Waals surface area contributed by atoms with Crippen LogP contribution in [0, 0.1) is 0 Å². The zero-order valence-electron chi connectivity index (χ0n) is 17.6. The number of amides is 1. The van der Waals surface area contributed by atoms with Gasteiger partial charge in [0.1, 0.15) is 6.61 Å². The smallest absolute Gasteiger partial charge is 0.271 e. The lowest BCUT2D eigenvalue weighted by Crippen LogP contribution is -2.17. The molecule has 3 rings (SSSR count). The first-order valence-corrected chi connectivity index (χ1v) is 9.54. The van der Waals surface area contributed by atoms with Crippen LogP contribution in [0.2, 0.25) is 0 Å². The lowest BCUT2D eigenvalue weighted by atomic mass is 10.2. The molecule has 0 bridgehead atoms. The Labute approximate surface area is 181 Å². The van der Waals surface area contributed by atoms with Crippen LogP contribution >= 0.6 is 0 Å². The summed E-state index contributed by atoms with van der Waals surface area (Å²) in [6.45, 7) is 0.437. The molecule has 0 radical (unpaired) electrons. The van der Waals surface area contributed by atoms with E-state index < -0.39 is 0 Å². The molecule has 3 aromatic carbocycles. The van der Waals surface area contributed by atoms with Crippen LogP contribution < -0.4 is 24.4 Å². The summed E-state index contributed by atoms with van der Waals surface area (Å²) < 4.78 is 21.7. The van der Waals surface area contributed by atoms with Crippen LogP contribution in [-0.4, -0.2) is 33.5 Å². The second kappa shape index (κ2) is 10.7. The Balaban J connectivity index is 1.63. The first-order chi connectivity index (χ1) is 15.1. The van der Waals surface area contributed by atoms with E-state index in [1.165, 1.54) is 20.4 Å². The van der Waals surface area contributed by atoms with Crippen molar-refractivity contribution < 1.29 is 23.7 Å². The number of nitrogens with one attached hydrogen (secondary N) is 1. The van der Waals surface area contributed by atoms with Gasteiger partial charge >= 0.3 is 0 Å². The highest BCUT2D eigenvalue weighted by atomic mass is 16.5. The number of benzene rings is 3. The standard InChI is InChI=1S/C24H24N2O5/c1-28-20-12-10-19(14-23(20)30-3)24(27)26-25-15-18-9-11-21(22(13-18)29-2)31-16-17-7-5-4-6-8-17/h4-15H,16H2,1-3H3,(H,26,27). The number of hydrogen-bond acceptors (Lipinski definition) is 6. The van der Waals surface area contributed by atoms with Crippen molar-refractivity contribution >= 4 is 12.1 Å². The van der Waals surface area contributed by atoms with Crippen LogP contribution in [-0.2, 0) is 6.61 Å². The van der Waals surface area contributed by atoms with Gasteiger partial charge in [-0.25, -0.2) is 5.43 Å². The monoisotopic (exact) mass is 420 g/mol. The van der Waals surface area contributed by atoms with Crippen molar-refractivity contribution in [2.45, 2.75) is 6.61 Å². The van der Waals surface area contributed by atoms with Crippen molar-refractivity contribution in [2.24, 2.45) is 5.10 Å². The summed E-state index contributed by atoms with van der Waals surface area (Å²) in [5, 5.41) is 4.02. The third-order valence-corrected chi connectivity index (χ3v) is 4.45. The maximum atomic E-state index is 12.3. The van der Waals surface area contributed by atoms with E-state index in [1.54, 1.807) is 37.4 Å². The quantitative estimate of drug-likeness (QED) is 0.417. The van der Waals surface area contributed by atoms with Gasteiger partial charge in [-0.1, -0.05) is 30.3 Å². The van der Waals surface area contributed by atoms with E-state index in [0.717, 1.165) is 11.1 Å². The molecule has 0 saturated carbocycles. The lowest BCUT2D eigenvalue weighted by Gasteiger charge is -2.11. The summed E-state index contributed by atoms with van der Waals surface area (Å²) >= 11 is 0. The highest BCUT2D eigenvalue weighted by Gasteiger charge is 2.10. The number of methoxy groups -OCH3 is 3. The van der Waals surface area contributed by atoms with Gasteiger partial charge in [-0.3, -0.25) is 4.79 Å². The predicted molar refractivity (Wildman–Crippen MR) is 118 cm³/mol. The molecule has 0 heterocycles. The maximum absolute atomic E-state index is 12.3. The number of rotatable bonds is 9. The molecule has 0 unspecified atom stereocenters. The van der Waals surface area contributed by atoms with Crippen molar-refractivity contribution in [1.29, 1.82) is 0 Å². The van der Waals surface area contributed by atoms with Gasteiger partial charge < -0.3 is 18.9 Å². The van der Waals surface area contributed by atoms with Gasteiger partial charge in [0.2, 0.25) is 0 Å². The summed E-state index contributed by atoms with van der Waals surface area (Å²) in [5.41, 5.74) is 4.71. The van der Waals surface area contributed by atoms with Gasteiger partial charge in [0.05, 0.1) is 27.5 Å². The Kier molecular flexibility index (Phi) is 7.48. The van der Waals surface area contributed by atoms with Crippen LogP contribution in [0.25, 0.3) is 0 Å². The Morgan fingerprint density at radius 2 is 1.52 bits per heavy atom. The summed E-state index contributed by atoms with van der Waals surface area (Å²) in [6, 6.07) is 20.2. The minimum Gasteiger partial charge on any atom is -0.493 e. The van der Waals surface area contributed by atoms with Crippen LogP contribution in [0.1, 0.15) is 21.5 Å². The summed E-state index contributed by atoms with van der Waals surface area (Å²) in [6.07, 6.45) is 1.53. The van der Waals surface area contributed by atoms with Gasteiger partial charge in [-0.2, -0.15) is 5.10 Å². The van der Waals surface area contributed by atoms with Crippen molar-refractivity contribution in [1.82, 2.24) is 5.43 Å². The van der Waals surface area contributed by atoms with Crippen LogP contribution in [0.15, 0.2) is 71.8 Å². The number of carbonyl (C=O) groups is 1. The average molecular weight is 420 g/mol. The van der Waals surface area contributed by atoms with E-state index in [4.69, 9.17) is 18.9 Å². The Morgan fingerprint density at radius 3 is 2.23 bits per heavy atom. The lowest BCUT2D eigenvalue weighted by molar-refractivity contribution is 0.0954. The van der Waals surface area contributed by atoms with Crippen molar-refractivity contribution in [3.8, 4) is 23.0 Å². The molecule has 0 saturated heterocycles. The molecule has 0 fully saturated rings. The predicted octanol–water partition coefficient (Wildman–Crippen LogP) is 4.06. The molecular formula is C24H24N2O5. The molecule has 0 atom stereocenters. The second-order valence-electron chi connectivity index (χ2n) is 6.45. The molecule has 0 aliphatic rings. The molecule has 1 N–H and O–H groups in total. The normalized spacial score (nSPS) is 10.5. The number of hydrazone groups is 1. The molecule has 160 valence electrons. The summed E-state index contributed by atoms with van der Waals surface area (Å²) in [4.78, 5) is 12.3. The van der Waals surface area contributed by atoms with E-state index in [-0.39, 0.29) is 5.91 Å². The minimum absolute atomic E-state index is 0.369. The van der Waals surface area contributed by atoms with E-state index >= 15 is 0 Å². The number of hydrogen-bond donors (Lipinski definition) is 1. The van der Waals surface area contributed by atoms with Gasteiger partial charge in [0.15, 0.2) is 23.0 Å². The van der Waals surface area contributed by atoms with E-state index in [0.29, 0.717) is 35.2 Å². The van der Waals surface area contributed by atoms with Crippen molar-refractivity contribution in [2.75, 3.05) is 21.3 Å². The first-order valence-electron chi connectivity index (χ1n) is 9.54. The van der Waals surface area contributed by atoms with Crippen LogP contribution in [0.4, 0.5) is 0 Å². The molecular weight excluding hydrogens is 396 g/mol. The Hall–Kier alpha value is -4.00. The SMILES string of the molecule is COc1ccc(C(=O)NN=Cc2ccc(OCc3ccccc3)c(OC)c2)cc1OC. The summed E-state index contributed by atoms with van der Waals surface area (Å²) in [7, 11) is 4.62. The number of carbonyl (C=O) groups excluding carboxylic acids is 1. The highest BCUT2D eigenvalue weighted by Crippen LogP contribution is 2.29. The maximum Gasteiger partial charge on any atom is 0.271 e. The highest BCUT2D eigenvalue weighted by molar-refractivity contribution is 5.95. The van der Waals surface area contributed by atoms with Gasteiger partial charge in [-0.05, 0) is 47.5 Å². The molecule has 0 aliphatic heterocycles. The fourth-order valence-electron chi connectivity index (χ4n) is 2.83. The molecule has 1 amide bonds. The zero-order chi connectivity index (χ0) is 22.1. The third kappa shape index (κ3) is 5.76. The fourth-order valence-corrected chi connectivity index (χ4v) is 2.83. The fraction of sp³-hybridized carbons (Fsp3) is 0.167. The van der Waals surface area contributed by atoms with Gasteiger partial charge in [0, 0.05) is 5.56 Å². The zero-order valence-corrected chi connectivity index (χ0v) is 17.6. The molecule has 0 aliphatic carbocycles. The topological polar surface area (TPSA) is 78.4 Å². The van der Waals surface area contributed by atoms with E-state index in [2.05, 4.69) is 10.5 Å². The molecule has 7 nitrogen and oxygen atoms in total. The molecule has 0 spiro atoms. The van der Waals surface area contributed by atoms with Gasteiger partial charge in [-0.15, -0.1) is 0 Å². The van der Waals surface area contributed by atoms with Crippen LogP contribution in [0.5, 0.6) is 23.0 Å². The largest absolute Gasteiger partial charge is 0.493 e. The van der Waals surface area contributed by atoms with Crippen molar-refractivity contribution in [3.63, 3.8) is 0 Å². The van der Waals surface area contributed by atoms with Crippen LogP contribution in [0.3, 0.4) is 0 Å². The molecule has 3 aromatic rings. The molecule has 31 heavy (non-hydrogen) atoms. The van der Waals surface area contributed by atoms with E-state index in [9.17, 15) is 4.79 Å². The summed E-state index contributed by atoms with van der Waals surface area (Å²) in [5.74, 6) is 1.84. The number of nitrogens with zero attached hydrogens (tertiary/aromatic N) is 1.